The zero-order valence-electron chi connectivity index (χ0n) is 13.5. The predicted octanol–water partition coefficient (Wildman–Crippen LogP) is 3.89. The van der Waals surface area contributed by atoms with Crippen molar-refractivity contribution in [2.45, 2.75) is 4.90 Å². The van der Waals surface area contributed by atoms with E-state index >= 15 is 0 Å². The summed E-state index contributed by atoms with van der Waals surface area (Å²) < 4.78 is 15.6. The summed E-state index contributed by atoms with van der Waals surface area (Å²) >= 11 is 1.36. The molecule has 9 heteroatoms. The predicted molar refractivity (Wildman–Crippen MR) is 96.4 cm³/mol. The van der Waals surface area contributed by atoms with E-state index < -0.39 is 16.6 Å². The summed E-state index contributed by atoms with van der Waals surface area (Å²) in [5.74, 6) is -1.27. The Kier molecular flexibility index (Phi) is 4.99. The van der Waals surface area contributed by atoms with Gasteiger partial charge < -0.3 is 5.32 Å². The number of hydrogen-bond acceptors (Lipinski definition) is 5. The third kappa shape index (κ3) is 3.57. The molecule has 7 nitrogen and oxygen atoms in total. The van der Waals surface area contributed by atoms with Gasteiger partial charge in [-0.1, -0.05) is 0 Å². The number of amides is 1. The van der Waals surface area contributed by atoms with Crippen molar-refractivity contribution in [3.05, 3.63) is 76.4 Å². The van der Waals surface area contributed by atoms with Gasteiger partial charge in [0.25, 0.3) is 11.6 Å². The maximum absolute atomic E-state index is 14.3. The van der Waals surface area contributed by atoms with E-state index in [2.05, 4.69) is 10.4 Å². The molecule has 0 aliphatic heterocycles. The van der Waals surface area contributed by atoms with Gasteiger partial charge in [0.05, 0.1) is 4.92 Å². The smallest absolute Gasteiger partial charge is 0.282 e. The van der Waals surface area contributed by atoms with Crippen LogP contribution in [0.25, 0.3) is 5.69 Å². The van der Waals surface area contributed by atoms with Gasteiger partial charge in [-0.3, -0.25) is 14.9 Å². The first kappa shape index (κ1) is 17.6. The third-order valence-corrected chi connectivity index (χ3v) is 4.33. The number of anilines is 1. The van der Waals surface area contributed by atoms with Gasteiger partial charge in [0.2, 0.25) is 0 Å². The number of hydrogen-bond donors (Lipinski definition) is 1. The van der Waals surface area contributed by atoms with E-state index in [1.165, 1.54) is 46.9 Å². The zero-order chi connectivity index (χ0) is 18.7. The Bertz CT molecular complexity index is 976. The first-order valence-electron chi connectivity index (χ1n) is 7.43. The molecule has 0 bridgehead atoms. The molecule has 26 heavy (non-hydrogen) atoms. The number of nitrogens with one attached hydrogen (secondary N) is 1. The molecule has 1 aromatic heterocycles. The van der Waals surface area contributed by atoms with Crippen LogP contribution in [0, 0.1) is 15.9 Å². The topological polar surface area (TPSA) is 90.1 Å². The molecule has 0 aliphatic rings. The highest BCUT2D eigenvalue weighted by atomic mass is 32.2. The fourth-order valence-corrected chi connectivity index (χ4v) is 2.80. The minimum Gasteiger partial charge on any atom is -0.322 e. The molecule has 1 heterocycles. The molecule has 1 amide bonds. The fourth-order valence-electron chi connectivity index (χ4n) is 2.36. The van der Waals surface area contributed by atoms with Gasteiger partial charge in [-0.15, -0.1) is 11.8 Å². The highest BCUT2D eigenvalue weighted by Gasteiger charge is 2.21. The molecule has 0 radical (unpaired) electrons. The first-order chi connectivity index (χ1) is 12.5. The molecule has 0 aliphatic carbocycles. The molecule has 0 saturated carbocycles. The summed E-state index contributed by atoms with van der Waals surface area (Å²) in [6.45, 7) is 0. The number of carbonyl (C=O) groups is 1. The number of halogens is 1. The lowest BCUT2D eigenvalue weighted by molar-refractivity contribution is -0.385. The molecule has 3 rings (SSSR count). The molecule has 132 valence electrons. The van der Waals surface area contributed by atoms with E-state index in [4.69, 9.17) is 0 Å². The van der Waals surface area contributed by atoms with E-state index in [9.17, 15) is 19.3 Å². The van der Waals surface area contributed by atoms with Crippen LogP contribution in [0.2, 0.25) is 0 Å². The van der Waals surface area contributed by atoms with E-state index in [1.54, 1.807) is 24.6 Å². The second kappa shape index (κ2) is 7.36. The van der Waals surface area contributed by atoms with Crippen molar-refractivity contribution < 1.29 is 14.1 Å². The summed E-state index contributed by atoms with van der Waals surface area (Å²) in [4.78, 5) is 23.7. The van der Waals surface area contributed by atoms with Gasteiger partial charge in [0, 0.05) is 29.0 Å². The Hall–Kier alpha value is -3.20. The van der Waals surface area contributed by atoms with Gasteiger partial charge >= 0.3 is 0 Å². The average Bonchev–Trinajstić information content (AvgIpc) is 3.15. The maximum Gasteiger partial charge on any atom is 0.282 e. The number of benzene rings is 2. The average molecular weight is 372 g/mol. The molecule has 3 aromatic rings. The Morgan fingerprint density at radius 2 is 2.12 bits per heavy atom. The molecular formula is C17H13FN4O3S. The van der Waals surface area contributed by atoms with Crippen LogP contribution in [0.1, 0.15) is 10.4 Å². The van der Waals surface area contributed by atoms with Crippen LogP contribution in [0.4, 0.5) is 15.8 Å². The summed E-state index contributed by atoms with van der Waals surface area (Å²) in [5, 5.41) is 17.6. The first-order valence-corrected chi connectivity index (χ1v) is 8.65. The highest BCUT2D eigenvalue weighted by molar-refractivity contribution is 7.98. The highest BCUT2D eigenvalue weighted by Crippen LogP contribution is 2.26. The van der Waals surface area contributed by atoms with Crippen molar-refractivity contribution in [2.75, 3.05) is 11.6 Å². The third-order valence-electron chi connectivity index (χ3n) is 3.60. The largest absolute Gasteiger partial charge is 0.322 e. The Balaban J connectivity index is 1.89. The van der Waals surface area contributed by atoms with Gasteiger partial charge in [0.1, 0.15) is 11.3 Å². The van der Waals surface area contributed by atoms with E-state index in [-0.39, 0.29) is 22.6 Å². The van der Waals surface area contributed by atoms with Crippen LogP contribution < -0.4 is 5.32 Å². The minimum absolute atomic E-state index is 0.0848. The van der Waals surface area contributed by atoms with Gasteiger partial charge in [-0.05, 0) is 42.7 Å². The van der Waals surface area contributed by atoms with Crippen LogP contribution in [0.5, 0.6) is 0 Å². The van der Waals surface area contributed by atoms with E-state index in [0.29, 0.717) is 4.90 Å². The lowest BCUT2D eigenvalue weighted by Gasteiger charge is -2.09. The molecule has 0 unspecified atom stereocenters. The second-order valence-electron chi connectivity index (χ2n) is 5.21. The molecular weight excluding hydrogens is 359 g/mol. The molecule has 0 saturated heterocycles. The van der Waals surface area contributed by atoms with Gasteiger partial charge in [0.15, 0.2) is 5.82 Å². The fraction of sp³-hybridized carbons (Fsp3) is 0.0588. The Labute approximate surface area is 152 Å². The van der Waals surface area contributed by atoms with Crippen molar-refractivity contribution in [1.82, 2.24) is 9.78 Å². The number of aromatic nitrogens is 2. The van der Waals surface area contributed by atoms with Crippen molar-refractivity contribution >= 4 is 29.0 Å². The number of nitrogens with zero attached hydrogens (tertiary/aromatic N) is 3. The second-order valence-corrected chi connectivity index (χ2v) is 6.09. The summed E-state index contributed by atoms with van der Waals surface area (Å²) in [5.41, 5.74) is 0.0166. The number of nitro benzene ring substituents is 1. The van der Waals surface area contributed by atoms with Gasteiger partial charge in [-0.2, -0.15) is 5.10 Å². The molecule has 0 spiro atoms. The number of rotatable bonds is 5. The lowest BCUT2D eigenvalue weighted by atomic mass is 10.1. The zero-order valence-corrected chi connectivity index (χ0v) is 14.4. The van der Waals surface area contributed by atoms with Crippen LogP contribution in [-0.4, -0.2) is 26.9 Å². The van der Waals surface area contributed by atoms with E-state index in [1.807, 2.05) is 0 Å². The lowest BCUT2D eigenvalue weighted by Crippen LogP contribution is -2.14. The normalized spacial score (nSPS) is 10.5. The molecule has 2 aromatic carbocycles. The number of carbonyl (C=O) groups excluding carboxylic acids is 1. The summed E-state index contributed by atoms with van der Waals surface area (Å²) in [7, 11) is 0. The van der Waals surface area contributed by atoms with Crippen LogP contribution in [0.3, 0.4) is 0 Å². The standard InChI is InChI=1S/C17H13FN4O3S/c1-26-12-4-6-15(22(24)25)13(10-12)17(23)20-11-3-5-16(14(18)9-11)21-8-2-7-19-21/h2-10H,1H3,(H,20,23). The minimum atomic E-state index is -0.682. The van der Waals surface area contributed by atoms with E-state index in [0.717, 1.165) is 6.07 Å². The summed E-state index contributed by atoms with van der Waals surface area (Å²) in [6.07, 6.45) is 4.91. The number of thioether (sulfide) groups is 1. The van der Waals surface area contributed by atoms with Crippen molar-refractivity contribution in [1.29, 1.82) is 0 Å². The maximum atomic E-state index is 14.3. The van der Waals surface area contributed by atoms with Gasteiger partial charge in [-0.25, -0.2) is 9.07 Å². The quantitative estimate of drug-likeness (QED) is 0.417. The molecule has 1 N–H and O–H groups in total. The van der Waals surface area contributed by atoms with Crippen LogP contribution in [-0.2, 0) is 0 Å². The monoisotopic (exact) mass is 372 g/mol. The Morgan fingerprint density at radius 3 is 2.73 bits per heavy atom. The van der Waals surface area contributed by atoms with Crippen molar-refractivity contribution in [3.8, 4) is 5.69 Å². The van der Waals surface area contributed by atoms with Crippen molar-refractivity contribution in [3.63, 3.8) is 0 Å². The molecule has 0 atom stereocenters. The Morgan fingerprint density at radius 1 is 1.31 bits per heavy atom. The molecule has 0 fully saturated rings. The van der Waals surface area contributed by atoms with Crippen molar-refractivity contribution in [2.24, 2.45) is 0 Å². The van der Waals surface area contributed by atoms with Crippen LogP contribution in [0.15, 0.2) is 59.8 Å². The van der Waals surface area contributed by atoms with Crippen LogP contribution >= 0.6 is 11.8 Å². The summed E-state index contributed by atoms with van der Waals surface area (Å²) in [6, 6.07) is 10.0. The SMILES string of the molecule is CSc1ccc([N+](=O)[O-])c(C(=O)Nc2ccc(-n3cccn3)c(F)c2)c1. The number of nitro groups is 1.